The summed E-state index contributed by atoms with van der Waals surface area (Å²) in [7, 11) is 0. The van der Waals surface area contributed by atoms with Crippen LogP contribution in [0.5, 0.6) is 0 Å². The lowest BCUT2D eigenvalue weighted by molar-refractivity contribution is 0.824. The smallest absolute Gasteiger partial charge is 0.0636 e. The van der Waals surface area contributed by atoms with Gasteiger partial charge >= 0.3 is 0 Å². The average molecular weight is 303 g/mol. The number of benzene rings is 2. The average Bonchev–Trinajstić information content (AvgIpc) is 2.30. The van der Waals surface area contributed by atoms with E-state index in [0.717, 1.165) is 0 Å². The van der Waals surface area contributed by atoms with Crippen molar-refractivity contribution in [3.8, 4) is 0 Å². The highest BCUT2D eigenvalue weighted by molar-refractivity contribution is 6.33. The van der Waals surface area contributed by atoms with Gasteiger partial charge in [-0.3, -0.25) is 0 Å². The monoisotopic (exact) mass is 302 g/mol. The van der Waals surface area contributed by atoms with E-state index in [1.54, 1.807) is 36.4 Å². The van der Waals surface area contributed by atoms with Crippen LogP contribution in [0.2, 0.25) is 10.0 Å². The van der Waals surface area contributed by atoms with E-state index in [2.05, 4.69) is 0 Å². The summed E-state index contributed by atoms with van der Waals surface area (Å²) in [5.41, 5.74) is 23.9. The SMILES string of the molecule is Nc1ccc(Cl)c(N)c1.Nc1ccc(Cl)c(N)c1.O. The van der Waals surface area contributed by atoms with Gasteiger partial charge < -0.3 is 28.4 Å². The van der Waals surface area contributed by atoms with E-state index < -0.39 is 0 Å². The molecule has 0 bridgehead atoms. The number of anilines is 4. The van der Waals surface area contributed by atoms with Gasteiger partial charge in [0.25, 0.3) is 0 Å². The molecule has 0 aromatic heterocycles. The van der Waals surface area contributed by atoms with Crippen LogP contribution in [0.1, 0.15) is 0 Å². The first-order valence-electron chi connectivity index (χ1n) is 5.01. The van der Waals surface area contributed by atoms with Crippen molar-refractivity contribution in [3.05, 3.63) is 46.4 Å². The van der Waals surface area contributed by atoms with Gasteiger partial charge in [0.05, 0.1) is 21.4 Å². The predicted octanol–water partition coefficient (Wildman–Crippen LogP) is 2.18. The fourth-order valence-electron chi connectivity index (χ4n) is 1.12. The van der Waals surface area contributed by atoms with Crippen molar-refractivity contribution < 1.29 is 5.48 Å². The molecule has 0 radical (unpaired) electrons. The maximum atomic E-state index is 5.60. The number of rotatable bonds is 0. The van der Waals surface area contributed by atoms with Crippen molar-refractivity contribution in [3.63, 3.8) is 0 Å². The molecule has 10 N–H and O–H groups in total. The molecule has 19 heavy (non-hydrogen) atoms. The van der Waals surface area contributed by atoms with Crippen LogP contribution in [0.3, 0.4) is 0 Å². The molecule has 0 spiro atoms. The van der Waals surface area contributed by atoms with E-state index in [1.165, 1.54) is 0 Å². The minimum atomic E-state index is 0. The molecule has 0 heterocycles. The van der Waals surface area contributed by atoms with Crippen molar-refractivity contribution in [2.75, 3.05) is 22.9 Å². The third-order valence-electron chi connectivity index (χ3n) is 2.04. The van der Waals surface area contributed by atoms with Crippen LogP contribution in [0.15, 0.2) is 36.4 Å². The lowest BCUT2D eigenvalue weighted by atomic mass is 10.3. The Hall–Kier alpha value is -1.82. The van der Waals surface area contributed by atoms with Gasteiger partial charge in [-0.05, 0) is 36.4 Å². The summed E-state index contributed by atoms with van der Waals surface area (Å²) in [6.45, 7) is 0. The second-order valence-corrected chi connectivity index (χ2v) is 4.38. The predicted molar refractivity (Wildman–Crippen MR) is 84.2 cm³/mol. The quantitative estimate of drug-likeness (QED) is 0.554. The zero-order valence-corrected chi connectivity index (χ0v) is 11.5. The topological polar surface area (TPSA) is 136 Å². The number of nitrogen functional groups attached to an aromatic ring is 4. The number of hydrogen-bond acceptors (Lipinski definition) is 4. The van der Waals surface area contributed by atoms with Crippen molar-refractivity contribution >= 4 is 46.0 Å². The highest BCUT2D eigenvalue weighted by Crippen LogP contribution is 2.20. The first-order valence-corrected chi connectivity index (χ1v) is 5.76. The van der Waals surface area contributed by atoms with Gasteiger partial charge in [0, 0.05) is 11.4 Å². The van der Waals surface area contributed by atoms with Crippen molar-refractivity contribution in [2.24, 2.45) is 0 Å². The highest BCUT2D eigenvalue weighted by Gasteiger charge is 1.93. The van der Waals surface area contributed by atoms with E-state index in [0.29, 0.717) is 32.8 Å². The maximum Gasteiger partial charge on any atom is 0.0636 e. The van der Waals surface area contributed by atoms with E-state index >= 15 is 0 Å². The van der Waals surface area contributed by atoms with Crippen LogP contribution in [-0.4, -0.2) is 5.48 Å². The van der Waals surface area contributed by atoms with Gasteiger partial charge in [0.2, 0.25) is 0 Å². The molecule has 104 valence electrons. The molecule has 5 nitrogen and oxygen atoms in total. The largest absolute Gasteiger partial charge is 0.412 e. The van der Waals surface area contributed by atoms with Gasteiger partial charge in [0.1, 0.15) is 0 Å². The zero-order chi connectivity index (χ0) is 13.7. The van der Waals surface area contributed by atoms with Gasteiger partial charge in [-0.2, -0.15) is 0 Å². The van der Waals surface area contributed by atoms with Gasteiger partial charge in [-0.1, -0.05) is 23.2 Å². The minimum absolute atomic E-state index is 0. The molecule has 0 atom stereocenters. The van der Waals surface area contributed by atoms with E-state index in [4.69, 9.17) is 46.1 Å². The van der Waals surface area contributed by atoms with E-state index in [-0.39, 0.29) is 5.48 Å². The molecule has 0 saturated heterocycles. The Morgan fingerprint density at radius 3 is 1.16 bits per heavy atom. The van der Waals surface area contributed by atoms with Crippen molar-refractivity contribution in [1.82, 2.24) is 0 Å². The summed E-state index contributed by atoms with van der Waals surface area (Å²) in [6.07, 6.45) is 0. The Kier molecular flexibility index (Phi) is 6.85. The molecule has 0 aliphatic carbocycles. The van der Waals surface area contributed by atoms with E-state index in [9.17, 15) is 0 Å². The molecule has 0 saturated carbocycles. The first kappa shape index (κ1) is 17.2. The summed E-state index contributed by atoms with van der Waals surface area (Å²) in [5, 5.41) is 1.09. The molecule has 2 aromatic carbocycles. The second-order valence-electron chi connectivity index (χ2n) is 3.56. The summed E-state index contributed by atoms with van der Waals surface area (Å²) in [4.78, 5) is 0. The standard InChI is InChI=1S/2C6H7ClN2.H2O/c2*7-5-2-1-4(8)3-6(5)9;/h2*1-3H,8-9H2;1H2. The molecule has 0 aliphatic rings. The lowest BCUT2D eigenvalue weighted by Crippen LogP contribution is -1.89. The Morgan fingerprint density at radius 1 is 0.632 bits per heavy atom. The van der Waals surface area contributed by atoms with Crippen LogP contribution in [-0.2, 0) is 0 Å². The number of nitrogens with two attached hydrogens (primary N) is 4. The summed E-state index contributed by atoms with van der Waals surface area (Å²) >= 11 is 11.2. The van der Waals surface area contributed by atoms with Crippen LogP contribution in [0.25, 0.3) is 0 Å². The molecule has 7 heteroatoms. The summed E-state index contributed by atoms with van der Waals surface area (Å²) in [6, 6.07) is 10.0. The molecule has 0 amide bonds. The van der Waals surface area contributed by atoms with Gasteiger partial charge in [-0.25, -0.2) is 0 Å². The Bertz CT molecular complexity index is 500. The van der Waals surface area contributed by atoms with Crippen molar-refractivity contribution in [2.45, 2.75) is 0 Å². The molecule has 0 fully saturated rings. The Labute approximate surface area is 121 Å². The summed E-state index contributed by atoms with van der Waals surface area (Å²) < 4.78 is 0. The summed E-state index contributed by atoms with van der Waals surface area (Å²) in [5.74, 6) is 0. The fraction of sp³-hybridized carbons (Fsp3) is 0. The highest BCUT2D eigenvalue weighted by atomic mass is 35.5. The van der Waals surface area contributed by atoms with Crippen LogP contribution in [0, 0.1) is 0 Å². The molecule has 0 aliphatic heterocycles. The third-order valence-corrected chi connectivity index (χ3v) is 2.73. The van der Waals surface area contributed by atoms with Crippen LogP contribution >= 0.6 is 23.2 Å². The second kappa shape index (κ2) is 7.58. The number of halogens is 2. The normalized spacial score (nSPS) is 8.95. The fourth-order valence-corrected chi connectivity index (χ4v) is 1.36. The Balaban J connectivity index is 0.000000324. The third kappa shape index (κ3) is 5.56. The van der Waals surface area contributed by atoms with E-state index in [1.807, 2.05) is 0 Å². The van der Waals surface area contributed by atoms with Crippen LogP contribution in [0.4, 0.5) is 22.7 Å². The minimum Gasteiger partial charge on any atom is -0.412 e. The van der Waals surface area contributed by atoms with Crippen LogP contribution < -0.4 is 22.9 Å². The van der Waals surface area contributed by atoms with Gasteiger partial charge in [-0.15, -0.1) is 0 Å². The zero-order valence-electron chi connectivity index (χ0n) is 10.0. The lowest BCUT2D eigenvalue weighted by Gasteiger charge is -1.96. The molecule has 2 rings (SSSR count). The molecule has 0 unspecified atom stereocenters. The number of hydrogen-bond donors (Lipinski definition) is 4. The molecular weight excluding hydrogens is 287 g/mol. The van der Waals surface area contributed by atoms with Gasteiger partial charge in [0.15, 0.2) is 0 Å². The first-order chi connectivity index (χ1) is 8.40. The maximum absolute atomic E-state index is 5.60. The molecule has 2 aromatic rings. The van der Waals surface area contributed by atoms with Crippen molar-refractivity contribution in [1.29, 1.82) is 0 Å². The Morgan fingerprint density at radius 2 is 0.947 bits per heavy atom. The molecular formula is C12H16Cl2N4O.